The molecular formula is C23H21Cl2N3O3S. The molecule has 3 unspecified atom stereocenters. The fourth-order valence-corrected chi connectivity index (χ4v) is 4.82. The Bertz CT molecular complexity index is 1320. The minimum Gasteiger partial charge on any atom is -0.318 e. The Balaban J connectivity index is 2.03. The van der Waals surface area contributed by atoms with Gasteiger partial charge >= 0.3 is 0 Å². The summed E-state index contributed by atoms with van der Waals surface area (Å²) in [7, 11) is 1.70. The van der Waals surface area contributed by atoms with E-state index in [0.29, 0.717) is 15.6 Å². The first-order chi connectivity index (χ1) is 15.2. The summed E-state index contributed by atoms with van der Waals surface area (Å²) < 4.78 is 24.7. The van der Waals surface area contributed by atoms with Gasteiger partial charge in [-0.05, 0) is 54.8 Å². The Morgan fingerprint density at radius 1 is 1.12 bits per heavy atom. The normalized spacial score (nSPS) is 17.1. The van der Waals surface area contributed by atoms with Crippen LogP contribution in [0, 0.1) is 0 Å². The lowest BCUT2D eigenvalue weighted by molar-refractivity contribution is 0.536. The van der Waals surface area contributed by atoms with Crippen LogP contribution in [0.25, 0.3) is 11.1 Å². The Kier molecular flexibility index (Phi) is 6.38. The quantitative estimate of drug-likeness (QED) is 0.502. The standard InChI is InChI=1S/C23H21Cl2N3O3S/c1-12-16-10-22(29)28(3)11-20(16)18-8-17(13(2)27-32(30)31)21(25)9-19(18)23(26-12)14-4-6-15(24)7-5-14/h4-13,27H,1-3H3,(H,30,31). The third-order valence-corrected chi connectivity index (χ3v) is 6.71. The number of nitrogens with zero attached hydrogens (tertiary/aromatic N) is 2. The number of pyridine rings is 1. The molecule has 1 aliphatic rings. The molecule has 0 spiro atoms. The van der Waals surface area contributed by atoms with Crippen LogP contribution in [0.3, 0.4) is 0 Å². The molecule has 0 radical (unpaired) electrons. The van der Waals surface area contributed by atoms with Crippen molar-refractivity contribution in [2.75, 3.05) is 0 Å². The third-order valence-electron chi connectivity index (χ3n) is 5.58. The van der Waals surface area contributed by atoms with E-state index in [0.717, 1.165) is 33.5 Å². The van der Waals surface area contributed by atoms with Gasteiger partial charge in [0.15, 0.2) is 0 Å². The molecule has 2 N–H and O–H groups in total. The maximum Gasteiger partial charge on any atom is 0.250 e. The smallest absolute Gasteiger partial charge is 0.250 e. The van der Waals surface area contributed by atoms with Crippen molar-refractivity contribution < 1.29 is 8.76 Å². The average molecular weight is 490 g/mol. The molecule has 0 bridgehead atoms. The molecule has 166 valence electrons. The van der Waals surface area contributed by atoms with Crippen LogP contribution in [0.4, 0.5) is 0 Å². The first-order valence-electron chi connectivity index (χ1n) is 9.91. The summed E-state index contributed by atoms with van der Waals surface area (Å²) in [6.07, 6.45) is 1.80. The second kappa shape index (κ2) is 8.92. The Hall–Kier alpha value is -2.29. The van der Waals surface area contributed by atoms with Crippen LogP contribution in [0.15, 0.2) is 58.4 Å². The van der Waals surface area contributed by atoms with Crippen LogP contribution in [-0.2, 0) is 18.3 Å². The molecule has 3 atom stereocenters. The molecule has 32 heavy (non-hydrogen) atoms. The molecular weight excluding hydrogens is 469 g/mol. The van der Waals surface area contributed by atoms with E-state index in [2.05, 4.69) is 4.72 Å². The number of hydrogen-bond acceptors (Lipinski definition) is 3. The van der Waals surface area contributed by atoms with Gasteiger partial charge < -0.3 is 4.57 Å². The van der Waals surface area contributed by atoms with Gasteiger partial charge in [0.05, 0.1) is 11.8 Å². The van der Waals surface area contributed by atoms with Gasteiger partial charge in [-0.1, -0.05) is 35.3 Å². The van der Waals surface area contributed by atoms with Gasteiger partial charge in [0.1, 0.15) is 0 Å². The first-order valence-corrected chi connectivity index (χ1v) is 11.8. The summed E-state index contributed by atoms with van der Waals surface area (Å²) in [6.45, 7) is 3.71. The molecule has 6 nitrogen and oxygen atoms in total. The number of hydrogen-bond donors (Lipinski definition) is 2. The summed E-state index contributed by atoms with van der Waals surface area (Å²) in [4.78, 5) is 17.4. The highest BCUT2D eigenvalue weighted by molar-refractivity contribution is 7.77. The summed E-state index contributed by atoms with van der Waals surface area (Å²) in [5, 5.41) is 1.06. The van der Waals surface area contributed by atoms with Crippen molar-refractivity contribution in [1.29, 1.82) is 0 Å². The Morgan fingerprint density at radius 2 is 1.81 bits per heavy atom. The summed E-state index contributed by atoms with van der Waals surface area (Å²) in [6, 6.07) is 12.0. The van der Waals surface area contributed by atoms with Gasteiger partial charge in [-0.3, -0.25) is 14.3 Å². The van der Waals surface area contributed by atoms with Crippen molar-refractivity contribution in [3.8, 4) is 11.1 Å². The van der Waals surface area contributed by atoms with Crippen molar-refractivity contribution >= 4 is 40.2 Å². The number of aliphatic imine (C=N–C) groups is 1. The van der Waals surface area contributed by atoms with E-state index in [1.165, 1.54) is 4.57 Å². The maximum absolute atomic E-state index is 12.4. The fourth-order valence-electron chi connectivity index (χ4n) is 3.94. The molecule has 9 heteroatoms. The van der Waals surface area contributed by atoms with Gasteiger partial charge in [0, 0.05) is 52.1 Å². The van der Waals surface area contributed by atoms with E-state index in [4.69, 9.17) is 28.2 Å². The van der Waals surface area contributed by atoms with Crippen molar-refractivity contribution in [3.63, 3.8) is 0 Å². The Morgan fingerprint density at radius 3 is 2.47 bits per heavy atom. The zero-order valence-corrected chi connectivity index (χ0v) is 19.9. The van der Waals surface area contributed by atoms with Crippen molar-refractivity contribution in [3.05, 3.63) is 91.3 Å². The van der Waals surface area contributed by atoms with Crippen molar-refractivity contribution in [2.24, 2.45) is 12.0 Å². The zero-order chi connectivity index (χ0) is 23.2. The number of nitrogens with one attached hydrogen (secondary N) is 1. The Labute approximate surface area is 198 Å². The molecule has 0 saturated heterocycles. The number of fused-ring (bicyclic) bond motifs is 3. The van der Waals surface area contributed by atoms with Crippen molar-refractivity contribution in [1.82, 2.24) is 9.29 Å². The third kappa shape index (κ3) is 4.31. The highest BCUT2D eigenvalue weighted by Gasteiger charge is 2.26. The number of aryl methyl sites for hydroxylation is 1. The highest BCUT2D eigenvalue weighted by Crippen LogP contribution is 2.40. The molecule has 0 fully saturated rings. The van der Waals surface area contributed by atoms with Crippen LogP contribution in [-0.4, -0.2) is 19.0 Å². The second-order valence-corrected chi connectivity index (χ2v) is 9.34. The number of rotatable bonds is 4. The second-order valence-electron chi connectivity index (χ2n) is 7.76. The fraction of sp³-hybridized carbons (Fsp3) is 0.217. The molecule has 1 aromatic heterocycles. The number of benzene rings is 2. The minimum absolute atomic E-state index is 0.123. The van der Waals surface area contributed by atoms with Gasteiger partial charge in [0.25, 0.3) is 5.56 Å². The van der Waals surface area contributed by atoms with E-state index < -0.39 is 17.3 Å². The van der Waals surface area contributed by atoms with Gasteiger partial charge in [-0.25, -0.2) is 8.93 Å². The van der Waals surface area contributed by atoms with E-state index in [1.54, 1.807) is 38.4 Å². The van der Waals surface area contributed by atoms with Gasteiger partial charge in [-0.2, -0.15) is 0 Å². The summed E-state index contributed by atoms with van der Waals surface area (Å²) >= 11 is 10.5. The highest BCUT2D eigenvalue weighted by atomic mass is 35.5. The molecule has 2 aromatic carbocycles. The minimum atomic E-state index is -2.20. The lowest BCUT2D eigenvalue weighted by atomic mass is 9.90. The van der Waals surface area contributed by atoms with Crippen LogP contribution in [0.5, 0.6) is 0 Å². The molecule has 1 aliphatic heterocycles. The number of aromatic nitrogens is 1. The molecule has 0 saturated carbocycles. The molecule has 0 aliphatic carbocycles. The summed E-state index contributed by atoms with van der Waals surface area (Å²) in [5.74, 6) is 0. The van der Waals surface area contributed by atoms with Crippen LogP contribution < -0.4 is 10.3 Å². The maximum atomic E-state index is 12.4. The number of halogens is 2. The zero-order valence-electron chi connectivity index (χ0n) is 17.6. The molecule has 2 heterocycles. The van der Waals surface area contributed by atoms with Crippen LogP contribution in [0.2, 0.25) is 10.0 Å². The predicted molar refractivity (Wildman–Crippen MR) is 130 cm³/mol. The predicted octanol–water partition coefficient (Wildman–Crippen LogP) is 5.06. The lowest BCUT2D eigenvalue weighted by Crippen LogP contribution is -2.21. The lowest BCUT2D eigenvalue weighted by Gasteiger charge is -2.19. The largest absolute Gasteiger partial charge is 0.318 e. The van der Waals surface area contributed by atoms with E-state index in [9.17, 15) is 13.6 Å². The first kappa shape index (κ1) is 22.9. The van der Waals surface area contributed by atoms with E-state index in [1.807, 2.05) is 31.2 Å². The van der Waals surface area contributed by atoms with Gasteiger partial charge in [-0.15, -0.1) is 0 Å². The molecule has 0 amide bonds. The molecule has 4 rings (SSSR count). The van der Waals surface area contributed by atoms with Gasteiger partial charge in [0.2, 0.25) is 11.3 Å². The SMILES string of the molecule is CC1N=C(c2ccc(Cl)cc2)c2cc(Cl)c(C(C)NS(=O)O)cc2-c2cn(C)c(=O)cc21. The van der Waals surface area contributed by atoms with E-state index in [-0.39, 0.29) is 11.6 Å². The average Bonchev–Trinajstić information content (AvgIpc) is 2.83. The monoisotopic (exact) mass is 489 g/mol. The molecule has 3 aromatic rings. The van der Waals surface area contributed by atoms with Crippen LogP contribution >= 0.6 is 23.2 Å². The van der Waals surface area contributed by atoms with Crippen LogP contribution in [0.1, 0.15) is 48.2 Å². The summed E-state index contributed by atoms with van der Waals surface area (Å²) in [5.41, 5.74) is 5.45. The topological polar surface area (TPSA) is 83.7 Å². The van der Waals surface area contributed by atoms with Crippen molar-refractivity contribution in [2.45, 2.75) is 25.9 Å². The van der Waals surface area contributed by atoms with E-state index >= 15 is 0 Å².